The van der Waals surface area contributed by atoms with Crippen molar-refractivity contribution in [2.75, 3.05) is 7.11 Å². The first kappa shape index (κ1) is 25.3. The Labute approximate surface area is 236 Å². The largest absolute Gasteiger partial charge is 0.508 e. The minimum Gasteiger partial charge on any atom is -0.508 e. The molecule has 208 valence electrons. The third-order valence-corrected chi connectivity index (χ3v) is 8.08. The highest BCUT2D eigenvalue weighted by Gasteiger charge is 2.42. The lowest BCUT2D eigenvalue weighted by Crippen LogP contribution is -2.25. The number of aryl methyl sites for hydroxylation is 1. The van der Waals surface area contributed by atoms with E-state index in [9.17, 15) is 34.8 Å². The van der Waals surface area contributed by atoms with Gasteiger partial charge in [0.2, 0.25) is 5.78 Å². The third kappa shape index (κ3) is 3.12. The molecule has 0 saturated heterocycles. The summed E-state index contributed by atoms with van der Waals surface area (Å²) in [5.74, 6) is -3.28. The Morgan fingerprint density at radius 3 is 2.36 bits per heavy atom. The number of nitrogens with zero attached hydrogens (tertiary/aromatic N) is 3. The van der Waals surface area contributed by atoms with Crippen LogP contribution in [0.1, 0.15) is 48.5 Å². The van der Waals surface area contributed by atoms with Gasteiger partial charge in [-0.2, -0.15) is 9.78 Å². The summed E-state index contributed by atoms with van der Waals surface area (Å²) in [6.07, 6.45) is 3.56. The summed E-state index contributed by atoms with van der Waals surface area (Å²) in [6, 6.07) is 7.73. The second-order valence-electron chi connectivity index (χ2n) is 10.2. The number of carbonyl (C=O) groups excluding carboxylic acids is 2. The highest BCUT2D eigenvalue weighted by molar-refractivity contribution is 6.32. The molecular formula is C31H21N3O8. The Kier molecular flexibility index (Phi) is 5.20. The molecule has 2 aromatic heterocycles. The molecule has 11 nitrogen and oxygen atoms in total. The third-order valence-electron chi connectivity index (χ3n) is 8.08. The summed E-state index contributed by atoms with van der Waals surface area (Å²) in [7, 11) is 1.31. The first-order valence-electron chi connectivity index (χ1n) is 12.9. The number of phenolic OH excluding ortho intramolecular Hbond substituents is 4. The number of fused-ring (bicyclic) bond motifs is 6. The molecule has 2 aliphatic carbocycles. The summed E-state index contributed by atoms with van der Waals surface area (Å²) < 4.78 is 6.70. The zero-order valence-electron chi connectivity index (χ0n) is 22.2. The lowest BCUT2D eigenvalue weighted by atomic mass is 9.75. The number of benzene rings is 3. The Hall–Kier alpha value is -5.71. The summed E-state index contributed by atoms with van der Waals surface area (Å²) >= 11 is 0. The van der Waals surface area contributed by atoms with Crippen LogP contribution in [-0.2, 0) is 12.8 Å². The quantitative estimate of drug-likeness (QED) is 0.244. The van der Waals surface area contributed by atoms with E-state index < -0.39 is 45.7 Å². The molecule has 42 heavy (non-hydrogen) atoms. The average molecular weight is 564 g/mol. The monoisotopic (exact) mass is 563 g/mol. The number of rotatable bonds is 2. The van der Waals surface area contributed by atoms with Crippen molar-refractivity contribution in [1.29, 1.82) is 0 Å². The molecule has 0 saturated carbocycles. The number of aromatic nitrogens is 3. The summed E-state index contributed by atoms with van der Waals surface area (Å²) in [4.78, 5) is 45.3. The summed E-state index contributed by atoms with van der Waals surface area (Å²) in [6.45, 7) is 1.40. The van der Waals surface area contributed by atoms with E-state index >= 15 is 0 Å². The van der Waals surface area contributed by atoms with Crippen molar-refractivity contribution >= 4 is 22.3 Å². The second kappa shape index (κ2) is 8.64. The normalized spacial score (nSPS) is 13.4. The van der Waals surface area contributed by atoms with Gasteiger partial charge in [0.25, 0.3) is 5.56 Å². The molecule has 0 radical (unpaired) electrons. The molecular weight excluding hydrogens is 542 g/mol. The van der Waals surface area contributed by atoms with Crippen molar-refractivity contribution in [3.05, 3.63) is 92.0 Å². The number of pyridine rings is 1. The van der Waals surface area contributed by atoms with Crippen molar-refractivity contribution in [3.63, 3.8) is 0 Å². The minimum absolute atomic E-state index is 0.0118. The molecule has 0 fully saturated rings. The van der Waals surface area contributed by atoms with Crippen LogP contribution < -0.4 is 10.3 Å². The first-order valence-corrected chi connectivity index (χ1v) is 12.9. The van der Waals surface area contributed by atoms with Crippen LogP contribution in [0.5, 0.6) is 28.7 Å². The highest BCUT2D eigenvalue weighted by Crippen LogP contribution is 2.54. The predicted octanol–water partition coefficient (Wildman–Crippen LogP) is 3.46. The molecule has 0 unspecified atom stereocenters. The number of aromatic hydroxyl groups is 4. The van der Waals surface area contributed by atoms with Gasteiger partial charge in [-0.1, -0.05) is 6.07 Å². The maximum atomic E-state index is 13.8. The number of hydrogen-bond acceptors (Lipinski definition) is 10. The molecule has 5 aromatic rings. The van der Waals surface area contributed by atoms with E-state index in [0.29, 0.717) is 22.9 Å². The fraction of sp³-hybridized carbons (Fsp3) is 0.129. The Morgan fingerprint density at radius 1 is 0.857 bits per heavy atom. The van der Waals surface area contributed by atoms with Crippen molar-refractivity contribution < 1.29 is 34.8 Å². The smallest absolute Gasteiger partial charge is 0.284 e. The van der Waals surface area contributed by atoms with Crippen LogP contribution in [0.15, 0.2) is 47.5 Å². The van der Waals surface area contributed by atoms with Gasteiger partial charge in [-0.3, -0.25) is 14.4 Å². The first-order chi connectivity index (χ1) is 20.1. The average Bonchev–Trinajstić information content (AvgIpc) is 2.98. The van der Waals surface area contributed by atoms with Crippen LogP contribution in [0, 0.1) is 6.92 Å². The number of methoxy groups -OCH3 is 1. The van der Waals surface area contributed by atoms with E-state index in [-0.39, 0.29) is 56.8 Å². The molecule has 3 aromatic carbocycles. The minimum atomic E-state index is -0.821. The molecule has 0 atom stereocenters. The number of hydrogen-bond donors (Lipinski definition) is 4. The molecule has 0 spiro atoms. The number of carbonyl (C=O) groups is 2. The SMILES string of the molecule is COc1c2c(c(O)c3c1C(=O)c1c(cc(O)c(C)c1O)C3=O)-c1c(cc3cnn(-c4ccccn4)c(=O)c3c1O)CC2. The molecule has 0 aliphatic heterocycles. The highest BCUT2D eigenvalue weighted by atomic mass is 16.5. The van der Waals surface area contributed by atoms with Crippen LogP contribution >= 0.6 is 0 Å². The molecule has 4 N–H and O–H groups in total. The zero-order chi connectivity index (χ0) is 29.6. The van der Waals surface area contributed by atoms with Crippen LogP contribution in [0.4, 0.5) is 0 Å². The molecule has 0 bridgehead atoms. The Balaban J connectivity index is 1.55. The lowest BCUT2D eigenvalue weighted by molar-refractivity contribution is 0.0971. The van der Waals surface area contributed by atoms with Crippen molar-refractivity contribution in [2.45, 2.75) is 19.8 Å². The van der Waals surface area contributed by atoms with Crippen molar-refractivity contribution in [3.8, 4) is 45.7 Å². The van der Waals surface area contributed by atoms with Crippen LogP contribution in [0.2, 0.25) is 0 Å². The zero-order valence-corrected chi connectivity index (χ0v) is 22.2. The van der Waals surface area contributed by atoms with Gasteiger partial charge in [0.1, 0.15) is 28.7 Å². The fourth-order valence-electron chi connectivity index (χ4n) is 6.09. The summed E-state index contributed by atoms with van der Waals surface area (Å²) in [5, 5.41) is 48.8. The van der Waals surface area contributed by atoms with Crippen LogP contribution in [-0.4, -0.2) is 53.9 Å². The Morgan fingerprint density at radius 2 is 1.64 bits per heavy atom. The van der Waals surface area contributed by atoms with Gasteiger partial charge in [-0.25, -0.2) is 4.98 Å². The fourth-order valence-corrected chi connectivity index (χ4v) is 6.09. The number of phenols is 4. The standard InChI is InChI=1S/C31H21N3O8/c1-12-17(35)10-16-22(25(12)36)29(40)24-23(26(16)37)28(39)21-15(30(24)42-2)7-6-13-9-14-11-33-34(18-5-3-4-8-32-18)31(41)20(14)27(38)19(13)21/h3-5,8-11,35-36,38-39H,6-7H2,1-2H3. The van der Waals surface area contributed by atoms with Gasteiger partial charge >= 0.3 is 0 Å². The molecule has 11 heteroatoms. The van der Waals surface area contributed by atoms with E-state index in [1.165, 1.54) is 26.4 Å². The van der Waals surface area contributed by atoms with Gasteiger partial charge in [-0.05, 0) is 49.6 Å². The maximum Gasteiger partial charge on any atom is 0.284 e. The van der Waals surface area contributed by atoms with Crippen molar-refractivity contribution in [2.24, 2.45) is 0 Å². The van der Waals surface area contributed by atoms with Gasteiger partial charge in [0.15, 0.2) is 11.6 Å². The molecule has 2 aliphatic rings. The van der Waals surface area contributed by atoms with Crippen molar-refractivity contribution in [1.82, 2.24) is 14.8 Å². The second-order valence-corrected chi connectivity index (χ2v) is 10.2. The van der Waals surface area contributed by atoms with Gasteiger partial charge in [0.05, 0.1) is 35.4 Å². The van der Waals surface area contributed by atoms with E-state index in [1.54, 1.807) is 24.3 Å². The topological polar surface area (TPSA) is 172 Å². The van der Waals surface area contributed by atoms with E-state index in [2.05, 4.69) is 10.1 Å². The Bertz CT molecular complexity index is 2130. The summed E-state index contributed by atoms with van der Waals surface area (Å²) in [5.41, 5.74) is -0.703. The van der Waals surface area contributed by atoms with Crippen LogP contribution in [0.3, 0.4) is 0 Å². The van der Waals surface area contributed by atoms with Gasteiger partial charge in [0, 0.05) is 39.4 Å². The molecule has 0 amide bonds. The molecule has 7 rings (SSSR count). The van der Waals surface area contributed by atoms with Crippen LogP contribution in [0.25, 0.3) is 27.7 Å². The number of ether oxygens (including phenoxy) is 1. The van der Waals surface area contributed by atoms with E-state index in [1.807, 2.05) is 0 Å². The van der Waals surface area contributed by atoms with E-state index in [4.69, 9.17) is 4.74 Å². The van der Waals surface area contributed by atoms with Gasteiger partial charge < -0.3 is 25.2 Å². The predicted molar refractivity (Wildman–Crippen MR) is 149 cm³/mol. The lowest BCUT2D eigenvalue weighted by Gasteiger charge is -2.29. The molecule has 2 heterocycles. The van der Waals surface area contributed by atoms with Gasteiger partial charge in [-0.15, -0.1) is 0 Å². The number of ketones is 2. The maximum absolute atomic E-state index is 13.8. The van der Waals surface area contributed by atoms with E-state index in [0.717, 1.165) is 10.7 Å².